The van der Waals surface area contributed by atoms with E-state index in [0.717, 1.165) is 12.1 Å². The Kier molecular flexibility index (Phi) is 4.45. The minimum atomic E-state index is -1.14. The molecule has 20 heavy (non-hydrogen) atoms. The molecule has 2 rings (SSSR count). The fraction of sp³-hybridized carbons (Fsp3) is 0.143. The molecule has 0 bridgehead atoms. The Morgan fingerprint density at radius 2 is 1.65 bits per heavy atom. The molecule has 0 saturated heterocycles. The quantitative estimate of drug-likeness (QED) is 0.644. The molecule has 1 atom stereocenters. The summed E-state index contributed by atoms with van der Waals surface area (Å²) in [5.74, 6) is -3.90. The van der Waals surface area contributed by atoms with Crippen LogP contribution in [0.1, 0.15) is 17.2 Å². The van der Waals surface area contributed by atoms with Gasteiger partial charge in [0.25, 0.3) is 0 Å². The molecule has 0 aliphatic rings. The summed E-state index contributed by atoms with van der Waals surface area (Å²) >= 11 is 2.95. The molecule has 0 aliphatic carbocycles. The van der Waals surface area contributed by atoms with Crippen LogP contribution in [0.4, 0.5) is 17.6 Å². The average molecular weight is 348 g/mol. The van der Waals surface area contributed by atoms with E-state index in [2.05, 4.69) is 21.2 Å². The molecular formula is C14H10BrF4N. The van der Waals surface area contributed by atoms with Gasteiger partial charge in [-0.25, -0.2) is 17.6 Å². The fourth-order valence-electron chi connectivity index (χ4n) is 2.01. The summed E-state index contributed by atoms with van der Waals surface area (Å²) in [6, 6.07) is 4.64. The van der Waals surface area contributed by atoms with E-state index in [1.807, 2.05) is 0 Å². The highest BCUT2D eigenvalue weighted by molar-refractivity contribution is 9.10. The summed E-state index contributed by atoms with van der Waals surface area (Å²) in [4.78, 5) is 0. The van der Waals surface area contributed by atoms with Gasteiger partial charge in [0.05, 0.1) is 10.5 Å². The molecule has 0 amide bonds. The van der Waals surface area contributed by atoms with Crippen LogP contribution in [0.2, 0.25) is 0 Å². The molecule has 0 spiro atoms. The van der Waals surface area contributed by atoms with Gasteiger partial charge in [0.2, 0.25) is 0 Å². The number of halogens is 5. The summed E-state index contributed by atoms with van der Waals surface area (Å²) in [6.45, 7) is 0. The molecule has 0 fully saturated rings. The summed E-state index contributed by atoms with van der Waals surface area (Å²) < 4.78 is 55.1. The van der Waals surface area contributed by atoms with Crippen LogP contribution in [-0.4, -0.2) is 7.05 Å². The van der Waals surface area contributed by atoms with Crippen molar-refractivity contribution in [1.29, 1.82) is 0 Å². The number of rotatable bonds is 3. The summed E-state index contributed by atoms with van der Waals surface area (Å²) in [5, 5.41) is 2.60. The van der Waals surface area contributed by atoms with Gasteiger partial charge in [0.1, 0.15) is 11.6 Å². The van der Waals surface area contributed by atoms with Gasteiger partial charge in [-0.2, -0.15) is 0 Å². The molecule has 1 N–H and O–H groups in total. The van der Waals surface area contributed by atoms with Crippen molar-refractivity contribution in [1.82, 2.24) is 5.32 Å². The first-order valence-corrected chi connectivity index (χ1v) is 6.51. The molecule has 106 valence electrons. The van der Waals surface area contributed by atoms with Crippen molar-refractivity contribution < 1.29 is 17.6 Å². The van der Waals surface area contributed by atoms with Gasteiger partial charge in [0, 0.05) is 11.1 Å². The first-order valence-electron chi connectivity index (χ1n) is 5.72. The Morgan fingerprint density at radius 1 is 0.950 bits per heavy atom. The van der Waals surface area contributed by atoms with Crippen molar-refractivity contribution in [3.63, 3.8) is 0 Å². The zero-order valence-corrected chi connectivity index (χ0v) is 11.9. The monoisotopic (exact) mass is 347 g/mol. The van der Waals surface area contributed by atoms with Crippen LogP contribution in [0.3, 0.4) is 0 Å². The topological polar surface area (TPSA) is 12.0 Å². The molecule has 2 aromatic carbocycles. The molecule has 0 saturated carbocycles. The average Bonchev–Trinajstić information content (AvgIpc) is 2.43. The van der Waals surface area contributed by atoms with Gasteiger partial charge in [-0.05, 0) is 41.2 Å². The van der Waals surface area contributed by atoms with E-state index in [-0.39, 0.29) is 15.6 Å². The third-order valence-corrected chi connectivity index (χ3v) is 3.56. The lowest BCUT2D eigenvalue weighted by Gasteiger charge is -2.20. The lowest BCUT2D eigenvalue weighted by molar-refractivity contribution is 0.472. The van der Waals surface area contributed by atoms with Crippen molar-refractivity contribution in [3.05, 3.63) is 69.2 Å². The van der Waals surface area contributed by atoms with E-state index >= 15 is 0 Å². The van der Waals surface area contributed by atoms with Gasteiger partial charge < -0.3 is 5.32 Å². The second-order valence-electron chi connectivity index (χ2n) is 4.12. The van der Waals surface area contributed by atoms with Gasteiger partial charge in [-0.3, -0.25) is 0 Å². The number of hydrogen-bond acceptors (Lipinski definition) is 1. The van der Waals surface area contributed by atoms with Gasteiger partial charge in [0.15, 0.2) is 11.6 Å². The van der Waals surface area contributed by atoms with Crippen molar-refractivity contribution >= 4 is 15.9 Å². The molecule has 6 heteroatoms. The maximum absolute atomic E-state index is 14.1. The van der Waals surface area contributed by atoms with Crippen LogP contribution in [0, 0.1) is 23.3 Å². The molecule has 0 heterocycles. The van der Waals surface area contributed by atoms with Crippen LogP contribution in [0.5, 0.6) is 0 Å². The first kappa shape index (κ1) is 15.0. The Balaban J connectivity index is 2.65. The maximum atomic E-state index is 14.1. The smallest absolute Gasteiger partial charge is 0.163 e. The predicted molar refractivity (Wildman–Crippen MR) is 71.3 cm³/mol. The van der Waals surface area contributed by atoms with Crippen molar-refractivity contribution in [2.75, 3.05) is 7.05 Å². The minimum absolute atomic E-state index is 0.0472. The van der Waals surface area contributed by atoms with Crippen LogP contribution in [0.25, 0.3) is 0 Å². The first-order chi connectivity index (χ1) is 9.47. The normalized spacial score (nSPS) is 12.5. The zero-order chi connectivity index (χ0) is 14.9. The van der Waals surface area contributed by atoms with Crippen LogP contribution in [0.15, 0.2) is 34.8 Å². The van der Waals surface area contributed by atoms with E-state index in [9.17, 15) is 17.6 Å². The van der Waals surface area contributed by atoms with Gasteiger partial charge >= 0.3 is 0 Å². The largest absolute Gasteiger partial charge is 0.309 e. The predicted octanol–water partition coefficient (Wildman–Crippen LogP) is 4.31. The molecule has 0 aliphatic heterocycles. The van der Waals surface area contributed by atoms with Gasteiger partial charge in [-0.15, -0.1) is 0 Å². The molecule has 0 aromatic heterocycles. The Labute approximate surface area is 121 Å². The zero-order valence-electron chi connectivity index (χ0n) is 10.4. The Bertz CT molecular complexity index is 645. The lowest BCUT2D eigenvalue weighted by atomic mass is 9.97. The van der Waals surface area contributed by atoms with Crippen LogP contribution in [-0.2, 0) is 0 Å². The second-order valence-corrected chi connectivity index (χ2v) is 4.98. The van der Waals surface area contributed by atoms with E-state index < -0.39 is 29.3 Å². The molecule has 1 nitrogen and oxygen atoms in total. The van der Waals surface area contributed by atoms with Crippen molar-refractivity contribution in [2.45, 2.75) is 6.04 Å². The molecule has 1 unspecified atom stereocenters. The SMILES string of the molecule is CNC(c1cccc(F)c1F)c1c(F)ccc(Br)c1F. The third kappa shape index (κ3) is 2.58. The minimum Gasteiger partial charge on any atom is -0.309 e. The number of benzene rings is 2. The summed E-state index contributed by atoms with van der Waals surface area (Å²) in [6.07, 6.45) is 0. The summed E-state index contributed by atoms with van der Waals surface area (Å²) in [5.41, 5.74) is -0.533. The molecular weight excluding hydrogens is 338 g/mol. The highest BCUT2D eigenvalue weighted by atomic mass is 79.9. The molecule has 2 aromatic rings. The third-order valence-electron chi connectivity index (χ3n) is 2.95. The second kappa shape index (κ2) is 5.93. The van der Waals surface area contributed by atoms with Crippen molar-refractivity contribution in [2.24, 2.45) is 0 Å². The number of hydrogen-bond donors (Lipinski definition) is 1. The maximum Gasteiger partial charge on any atom is 0.163 e. The van der Waals surface area contributed by atoms with Crippen LogP contribution >= 0.6 is 15.9 Å². The standard InChI is InChI=1S/C14H10BrF4N/c1-20-14(7-3-2-4-10(17)12(7)18)11-9(16)6-5-8(15)13(11)19/h2-6,14,20H,1H3. The highest BCUT2D eigenvalue weighted by Crippen LogP contribution is 2.32. The summed E-state index contributed by atoms with van der Waals surface area (Å²) in [7, 11) is 1.41. The van der Waals surface area contributed by atoms with E-state index in [1.165, 1.54) is 25.2 Å². The van der Waals surface area contributed by atoms with Crippen molar-refractivity contribution in [3.8, 4) is 0 Å². The number of nitrogens with one attached hydrogen (secondary N) is 1. The Morgan fingerprint density at radius 3 is 2.30 bits per heavy atom. The lowest BCUT2D eigenvalue weighted by Crippen LogP contribution is -2.22. The van der Waals surface area contributed by atoms with Crippen LogP contribution < -0.4 is 5.32 Å². The Hall–Kier alpha value is -1.40. The van der Waals surface area contributed by atoms with E-state index in [4.69, 9.17) is 0 Å². The van der Waals surface area contributed by atoms with E-state index in [1.54, 1.807) is 0 Å². The van der Waals surface area contributed by atoms with E-state index in [0.29, 0.717) is 0 Å². The van der Waals surface area contributed by atoms with Gasteiger partial charge in [-0.1, -0.05) is 12.1 Å². The fourth-order valence-corrected chi connectivity index (χ4v) is 2.35. The molecule has 0 radical (unpaired) electrons. The highest BCUT2D eigenvalue weighted by Gasteiger charge is 2.25.